The van der Waals surface area contributed by atoms with E-state index < -0.39 is 17.2 Å². The number of halogens is 1. The fourth-order valence-electron chi connectivity index (χ4n) is 5.97. The number of piperidine rings is 1. The van der Waals surface area contributed by atoms with Crippen LogP contribution in [0.1, 0.15) is 48.8 Å². The number of amides is 2. The zero-order chi connectivity index (χ0) is 33.4. The maximum absolute atomic E-state index is 13.6. The van der Waals surface area contributed by atoms with Crippen LogP contribution < -0.4 is 16.5 Å². The van der Waals surface area contributed by atoms with Crippen LogP contribution in [0.2, 0.25) is 0 Å². The molecule has 12 nitrogen and oxygen atoms in total. The van der Waals surface area contributed by atoms with Gasteiger partial charge < -0.3 is 20.5 Å². The Morgan fingerprint density at radius 1 is 1.04 bits per heavy atom. The molecular weight excluding hydrogens is 601 g/mol. The number of benzene rings is 2. The molecule has 2 amide bonds. The second-order valence-electron chi connectivity index (χ2n) is 11.8. The minimum absolute atomic E-state index is 0.0115. The van der Waals surface area contributed by atoms with E-state index in [0.29, 0.717) is 46.6 Å². The summed E-state index contributed by atoms with van der Waals surface area (Å²) in [6.07, 6.45) is 4.16. The Bertz CT molecular complexity index is 2100. The molecule has 0 aliphatic carbocycles. The summed E-state index contributed by atoms with van der Waals surface area (Å²) in [5.74, 6) is -0.787. The summed E-state index contributed by atoms with van der Waals surface area (Å²) in [4.78, 5) is 49.9. The molecule has 0 saturated carbocycles. The van der Waals surface area contributed by atoms with Gasteiger partial charge in [-0.1, -0.05) is 38.1 Å². The van der Waals surface area contributed by atoms with E-state index in [2.05, 4.69) is 15.3 Å². The van der Waals surface area contributed by atoms with Gasteiger partial charge in [0.05, 0.1) is 17.0 Å². The lowest BCUT2D eigenvalue weighted by atomic mass is 10.0. The molecule has 238 valence electrons. The average Bonchev–Trinajstić information content (AvgIpc) is 3.47. The molecule has 1 fully saturated rings. The van der Waals surface area contributed by atoms with E-state index in [1.54, 1.807) is 31.3 Å². The third-order valence-corrected chi connectivity index (χ3v) is 8.42. The first-order valence-electron chi connectivity index (χ1n) is 15.2. The third-order valence-electron chi connectivity index (χ3n) is 8.42. The molecule has 3 N–H and O–H groups in total. The van der Waals surface area contributed by atoms with Gasteiger partial charge in [-0.3, -0.25) is 14.4 Å². The molecule has 2 aromatic carbocycles. The average molecular weight is 634 g/mol. The van der Waals surface area contributed by atoms with Crippen LogP contribution in [-0.4, -0.2) is 54.1 Å². The topological polar surface area (TPSA) is 165 Å². The highest BCUT2D eigenvalue weighted by Gasteiger charge is 2.29. The van der Waals surface area contributed by atoms with Crippen molar-refractivity contribution in [1.82, 2.24) is 29.2 Å². The fourth-order valence-corrected chi connectivity index (χ4v) is 5.97. The number of nitriles is 1. The molecule has 1 aliphatic heterocycles. The van der Waals surface area contributed by atoms with Gasteiger partial charge in [0.25, 0.3) is 5.91 Å². The summed E-state index contributed by atoms with van der Waals surface area (Å²) in [6, 6.07) is 14.1. The Kier molecular flexibility index (Phi) is 8.25. The van der Waals surface area contributed by atoms with Gasteiger partial charge in [-0.05, 0) is 42.7 Å². The molecule has 5 aromatic rings. The van der Waals surface area contributed by atoms with Crippen molar-refractivity contribution in [3.05, 3.63) is 88.4 Å². The lowest BCUT2D eigenvalue weighted by Gasteiger charge is -2.33. The molecule has 0 bridgehead atoms. The summed E-state index contributed by atoms with van der Waals surface area (Å²) in [5.41, 5.74) is 8.21. The van der Waals surface area contributed by atoms with Crippen LogP contribution in [0.4, 0.5) is 15.9 Å². The van der Waals surface area contributed by atoms with Crippen LogP contribution in [0.15, 0.2) is 65.8 Å². The number of nitrogens with two attached hydrogens (primary N) is 1. The van der Waals surface area contributed by atoms with E-state index in [1.165, 1.54) is 41.4 Å². The standard InChI is InChI=1S/C34H32FN9O3/c1-19(2)34(47)43-14-12-24(13-15-43)44-32-28(31(37)38-18-39-32)29(41-44)21-6-10-23(11-7-21)40-33(46)25-17-42(3)26(16-36)27(30(25)45)20-4-8-22(35)9-5-20/h4-11,17-19,24H,12-15H2,1-3H3,(H,40,46)(H2,37,38,39). The molecule has 4 heterocycles. The van der Waals surface area contributed by atoms with Crippen molar-refractivity contribution in [2.75, 3.05) is 24.1 Å². The van der Waals surface area contributed by atoms with Crippen molar-refractivity contribution in [2.45, 2.75) is 32.7 Å². The minimum atomic E-state index is -0.666. The zero-order valence-corrected chi connectivity index (χ0v) is 26.1. The predicted molar refractivity (Wildman–Crippen MR) is 175 cm³/mol. The number of rotatable bonds is 6. The van der Waals surface area contributed by atoms with Gasteiger partial charge in [-0.15, -0.1) is 0 Å². The molecule has 1 aliphatic rings. The lowest BCUT2D eigenvalue weighted by Crippen LogP contribution is -2.41. The van der Waals surface area contributed by atoms with Gasteiger partial charge >= 0.3 is 0 Å². The molecule has 47 heavy (non-hydrogen) atoms. The third kappa shape index (κ3) is 5.81. The van der Waals surface area contributed by atoms with Crippen LogP contribution in [0.3, 0.4) is 0 Å². The Balaban J connectivity index is 1.27. The Hall–Kier alpha value is -5.90. The Morgan fingerprint density at radius 3 is 2.34 bits per heavy atom. The molecular formula is C34H32FN9O3. The van der Waals surface area contributed by atoms with Gasteiger partial charge in [0.2, 0.25) is 11.3 Å². The highest BCUT2D eigenvalue weighted by molar-refractivity contribution is 6.05. The molecule has 0 atom stereocenters. The monoisotopic (exact) mass is 633 g/mol. The van der Waals surface area contributed by atoms with E-state index in [9.17, 15) is 24.0 Å². The Labute approximate surface area is 269 Å². The number of anilines is 2. The molecule has 1 saturated heterocycles. The van der Waals surface area contributed by atoms with Crippen LogP contribution in [0.25, 0.3) is 33.4 Å². The van der Waals surface area contributed by atoms with E-state index in [-0.39, 0.29) is 40.5 Å². The van der Waals surface area contributed by atoms with Crippen LogP contribution in [-0.2, 0) is 11.8 Å². The number of hydrogen-bond donors (Lipinski definition) is 2. The van der Waals surface area contributed by atoms with Crippen LogP contribution in [0, 0.1) is 23.1 Å². The maximum atomic E-state index is 13.6. The second kappa shape index (κ2) is 12.5. The molecule has 0 radical (unpaired) electrons. The number of likely N-dealkylation sites (tertiary alicyclic amines) is 1. The van der Waals surface area contributed by atoms with Gasteiger partial charge in [0.1, 0.15) is 41.0 Å². The van der Waals surface area contributed by atoms with Crippen molar-refractivity contribution in [3.63, 3.8) is 0 Å². The van der Waals surface area contributed by atoms with Gasteiger partial charge in [0.15, 0.2) is 5.65 Å². The maximum Gasteiger partial charge on any atom is 0.261 e. The SMILES string of the molecule is CC(C)C(=O)N1CCC(n2nc(-c3ccc(NC(=O)c4cn(C)c(C#N)c(-c5ccc(F)cc5)c4=O)cc3)c3c(N)ncnc32)CC1. The summed E-state index contributed by atoms with van der Waals surface area (Å²) in [7, 11) is 1.56. The van der Waals surface area contributed by atoms with Crippen molar-refractivity contribution >= 4 is 34.4 Å². The number of pyridine rings is 1. The Morgan fingerprint density at radius 2 is 1.70 bits per heavy atom. The lowest BCUT2D eigenvalue weighted by molar-refractivity contribution is -0.135. The molecule has 6 rings (SSSR count). The second-order valence-corrected chi connectivity index (χ2v) is 11.8. The molecule has 13 heteroatoms. The van der Waals surface area contributed by atoms with Crippen molar-refractivity contribution in [2.24, 2.45) is 13.0 Å². The first-order chi connectivity index (χ1) is 22.6. The number of nitrogens with one attached hydrogen (secondary N) is 1. The molecule has 3 aromatic heterocycles. The normalized spacial score (nSPS) is 13.6. The highest BCUT2D eigenvalue weighted by atomic mass is 19.1. The number of hydrogen-bond acceptors (Lipinski definition) is 8. The summed E-state index contributed by atoms with van der Waals surface area (Å²) >= 11 is 0. The van der Waals surface area contributed by atoms with Crippen molar-refractivity contribution in [1.29, 1.82) is 5.26 Å². The molecule has 0 unspecified atom stereocenters. The number of fused-ring (bicyclic) bond motifs is 1. The number of carbonyl (C=O) groups is 2. The predicted octanol–water partition coefficient (Wildman–Crippen LogP) is 4.52. The first kappa shape index (κ1) is 31.1. The largest absolute Gasteiger partial charge is 0.383 e. The van der Waals surface area contributed by atoms with E-state index >= 15 is 0 Å². The summed E-state index contributed by atoms with van der Waals surface area (Å²) < 4.78 is 16.8. The molecule has 0 spiro atoms. The zero-order valence-electron chi connectivity index (χ0n) is 26.1. The number of carbonyl (C=O) groups excluding carboxylic acids is 2. The number of nitrogens with zero attached hydrogens (tertiary/aromatic N) is 7. The smallest absolute Gasteiger partial charge is 0.261 e. The minimum Gasteiger partial charge on any atom is -0.383 e. The van der Waals surface area contributed by atoms with E-state index in [0.717, 1.165) is 12.8 Å². The quantitative estimate of drug-likeness (QED) is 0.275. The first-order valence-corrected chi connectivity index (χ1v) is 15.2. The van der Waals surface area contributed by atoms with E-state index in [4.69, 9.17) is 10.8 Å². The highest BCUT2D eigenvalue weighted by Crippen LogP contribution is 2.35. The summed E-state index contributed by atoms with van der Waals surface area (Å²) in [5, 5.41) is 18.0. The van der Waals surface area contributed by atoms with E-state index in [1.807, 2.05) is 29.5 Å². The number of nitrogen functional groups attached to an aromatic ring is 1. The number of aromatic nitrogens is 5. The van der Waals surface area contributed by atoms with Gasteiger partial charge in [-0.2, -0.15) is 10.4 Å². The fraction of sp³-hybridized carbons (Fsp3) is 0.265. The van der Waals surface area contributed by atoms with Gasteiger partial charge in [-0.25, -0.2) is 19.0 Å². The van der Waals surface area contributed by atoms with Crippen molar-refractivity contribution < 1.29 is 14.0 Å². The van der Waals surface area contributed by atoms with Crippen LogP contribution in [0.5, 0.6) is 0 Å². The van der Waals surface area contributed by atoms with Gasteiger partial charge in [0, 0.05) is 43.5 Å². The van der Waals surface area contributed by atoms with Crippen molar-refractivity contribution in [3.8, 4) is 28.5 Å². The summed E-state index contributed by atoms with van der Waals surface area (Å²) in [6.45, 7) is 5.05. The number of aryl methyl sites for hydroxylation is 1. The van der Waals surface area contributed by atoms with Crippen LogP contribution >= 0.6 is 0 Å².